The fourth-order valence-corrected chi connectivity index (χ4v) is 3.74. The van der Waals surface area contributed by atoms with Crippen LogP contribution in [0, 0.1) is 11.6 Å². The molecule has 0 aliphatic rings. The summed E-state index contributed by atoms with van der Waals surface area (Å²) in [5, 5.41) is 0. The van der Waals surface area contributed by atoms with Gasteiger partial charge in [-0.05, 0) is 57.2 Å². The Balaban J connectivity index is 2.36. The molecule has 3 nitrogen and oxygen atoms in total. The van der Waals surface area contributed by atoms with Crippen LogP contribution in [0.3, 0.4) is 0 Å². The SMILES string of the molecule is CCCCCCCCCC(CCCCCc1ccc(F)c(F)c1)OC(OCC)OCC. The molecule has 0 radical (unpaired) electrons. The molecular weight excluding hydrogens is 398 g/mol. The molecule has 0 spiro atoms. The van der Waals surface area contributed by atoms with Crippen LogP contribution in [0.25, 0.3) is 0 Å². The summed E-state index contributed by atoms with van der Waals surface area (Å²) in [6.07, 6.45) is 14.9. The van der Waals surface area contributed by atoms with Gasteiger partial charge in [0.15, 0.2) is 11.6 Å². The van der Waals surface area contributed by atoms with E-state index in [0.29, 0.717) is 13.2 Å². The number of unbranched alkanes of at least 4 members (excludes halogenated alkanes) is 8. The monoisotopic (exact) mass is 442 g/mol. The van der Waals surface area contributed by atoms with Crippen molar-refractivity contribution < 1.29 is 23.0 Å². The van der Waals surface area contributed by atoms with E-state index in [1.807, 2.05) is 13.8 Å². The van der Waals surface area contributed by atoms with Gasteiger partial charge in [0.25, 0.3) is 6.48 Å². The van der Waals surface area contributed by atoms with E-state index < -0.39 is 18.1 Å². The molecule has 0 amide bonds. The zero-order valence-electron chi connectivity index (χ0n) is 20.0. The van der Waals surface area contributed by atoms with Crippen LogP contribution >= 0.6 is 0 Å². The van der Waals surface area contributed by atoms with Crippen molar-refractivity contribution in [3.63, 3.8) is 0 Å². The summed E-state index contributed by atoms with van der Waals surface area (Å²) in [6, 6.07) is 4.18. The van der Waals surface area contributed by atoms with Crippen molar-refractivity contribution in [2.75, 3.05) is 13.2 Å². The third-order valence-corrected chi connectivity index (χ3v) is 5.51. The number of aryl methyl sites for hydroxylation is 1. The van der Waals surface area contributed by atoms with Gasteiger partial charge in [-0.2, -0.15) is 0 Å². The minimum absolute atomic E-state index is 0.127. The smallest absolute Gasteiger partial charge is 0.271 e. The highest BCUT2D eigenvalue weighted by molar-refractivity contribution is 5.17. The van der Waals surface area contributed by atoms with Gasteiger partial charge in [0.05, 0.1) is 6.10 Å². The lowest BCUT2D eigenvalue weighted by atomic mass is 10.0. The molecule has 5 heteroatoms. The molecular formula is C26H44F2O3. The van der Waals surface area contributed by atoms with E-state index in [9.17, 15) is 8.78 Å². The van der Waals surface area contributed by atoms with Gasteiger partial charge in [0.2, 0.25) is 0 Å². The molecule has 0 N–H and O–H groups in total. The molecule has 0 aliphatic heterocycles. The summed E-state index contributed by atoms with van der Waals surface area (Å²) in [4.78, 5) is 0. The second-order valence-corrected chi connectivity index (χ2v) is 8.22. The standard InChI is InChI=1S/C26H44F2O3/c1-4-7-8-9-10-11-14-17-23(31-26(29-5-2)30-6-3)18-15-12-13-16-22-19-20-24(27)25(28)21-22/h19-21,23,26H,4-18H2,1-3H3. The summed E-state index contributed by atoms with van der Waals surface area (Å²) in [5.74, 6) is -1.55. The van der Waals surface area contributed by atoms with Crippen LogP contribution in [0.1, 0.15) is 103 Å². The largest absolute Gasteiger partial charge is 0.330 e. The molecule has 1 unspecified atom stereocenters. The maximum absolute atomic E-state index is 13.3. The van der Waals surface area contributed by atoms with Gasteiger partial charge in [-0.3, -0.25) is 0 Å². The van der Waals surface area contributed by atoms with Crippen molar-refractivity contribution in [2.45, 2.75) is 117 Å². The summed E-state index contributed by atoms with van der Waals surface area (Å²) >= 11 is 0. The average molecular weight is 443 g/mol. The molecule has 1 atom stereocenters. The zero-order valence-corrected chi connectivity index (χ0v) is 20.0. The van der Waals surface area contributed by atoms with Crippen LogP contribution in [-0.2, 0) is 20.6 Å². The number of halogens is 2. The molecule has 31 heavy (non-hydrogen) atoms. The highest BCUT2D eigenvalue weighted by Gasteiger charge is 2.17. The minimum Gasteiger partial charge on any atom is -0.330 e. The van der Waals surface area contributed by atoms with Crippen molar-refractivity contribution in [1.29, 1.82) is 0 Å². The highest BCUT2D eigenvalue weighted by Crippen LogP contribution is 2.19. The number of benzene rings is 1. The topological polar surface area (TPSA) is 27.7 Å². The first-order valence-electron chi connectivity index (χ1n) is 12.4. The molecule has 0 aliphatic carbocycles. The van der Waals surface area contributed by atoms with Gasteiger partial charge >= 0.3 is 0 Å². The second kappa shape index (κ2) is 18.5. The first-order chi connectivity index (χ1) is 15.1. The summed E-state index contributed by atoms with van der Waals surface area (Å²) in [6.45, 7) is 6.66. The van der Waals surface area contributed by atoms with Crippen LogP contribution in [0.4, 0.5) is 8.78 Å². The fraction of sp³-hybridized carbons (Fsp3) is 0.769. The summed E-state index contributed by atoms with van der Waals surface area (Å²) in [5.41, 5.74) is 0.850. The normalized spacial score (nSPS) is 12.6. The number of hydrogen-bond donors (Lipinski definition) is 0. The minimum atomic E-state index is -0.785. The van der Waals surface area contributed by atoms with E-state index in [4.69, 9.17) is 14.2 Å². The Morgan fingerprint density at radius 1 is 0.710 bits per heavy atom. The Bertz CT molecular complexity index is 547. The molecule has 180 valence electrons. The van der Waals surface area contributed by atoms with Crippen molar-refractivity contribution in [3.05, 3.63) is 35.4 Å². The van der Waals surface area contributed by atoms with Crippen LogP contribution < -0.4 is 0 Å². The van der Waals surface area contributed by atoms with Crippen LogP contribution in [-0.4, -0.2) is 25.8 Å². The van der Waals surface area contributed by atoms with Gasteiger partial charge in [-0.25, -0.2) is 8.78 Å². The molecule has 0 bridgehead atoms. The van der Waals surface area contributed by atoms with E-state index >= 15 is 0 Å². The van der Waals surface area contributed by atoms with Crippen LogP contribution in [0.2, 0.25) is 0 Å². The van der Waals surface area contributed by atoms with E-state index in [0.717, 1.165) is 50.5 Å². The number of rotatable bonds is 20. The van der Waals surface area contributed by atoms with E-state index in [2.05, 4.69) is 6.92 Å². The van der Waals surface area contributed by atoms with E-state index in [-0.39, 0.29) is 6.10 Å². The lowest BCUT2D eigenvalue weighted by molar-refractivity contribution is -0.302. The molecule has 0 saturated heterocycles. The second-order valence-electron chi connectivity index (χ2n) is 8.22. The van der Waals surface area contributed by atoms with E-state index in [1.54, 1.807) is 6.07 Å². The molecule has 1 aromatic carbocycles. The first kappa shape index (κ1) is 28.0. The molecule has 0 fully saturated rings. The lowest BCUT2D eigenvalue weighted by Gasteiger charge is -2.24. The van der Waals surface area contributed by atoms with Crippen molar-refractivity contribution in [3.8, 4) is 0 Å². The van der Waals surface area contributed by atoms with Gasteiger partial charge in [0.1, 0.15) is 0 Å². The Labute approximate surface area is 188 Å². The fourth-order valence-electron chi connectivity index (χ4n) is 3.74. The summed E-state index contributed by atoms with van der Waals surface area (Å²) in [7, 11) is 0. The molecule has 1 aromatic rings. The average Bonchev–Trinajstić information content (AvgIpc) is 2.75. The quantitative estimate of drug-likeness (QED) is 0.151. The van der Waals surface area contributed by atoms with E-state index in [1.165, 1.54) is 50.7 Å². The van der Waals surface area contributed by atoms with Gasteiger partial charge in [-0.1, -0.05) is 70.8 Å². The van der Waals surface area contributed by atoms with Crippen molar-refractivity contribution in [1.82, 2.24) is 0 Å². The maximum Gasteiger partial charge on any atom is 0.271 e. The Morgan fingerprint density at radius 3 is 1.87 bits per heavy atom. The van der Waals surface area contributed by atoms with Gasteiger partial charge in [-0.15, -0.1) is 0 Å². The number of hydrogen-bond acceptors (Lipinski definition) is 3. The Hall–Kier alpha value is -1.04. The molecule has 0 heterocycles. The molecule has 0 aromatic heterocycles. The first-order valence-corrected chi connectivity index (χ1v) is 12.4. The third-order valence-electron chi connectivity index (χ3n) is 5.51. The van der Waals surface area contributed by atoms with Crippen molar-refractivity contribution >= 4 is 0 Å². The Morgan fingerprint density at radius 2 is 1.29 bits per heavy atom. The van der Waals surface area contributed by atoms with Gasteiger partial charge < -0.3 is 14.2 Å². The van der Waals surface area contributed by atoms with Crippen molar-refractivity contribution in [2.24, 2.45) is 0 Å². The number of ether oxygens (including phenoxy) is 3. The highest BCUT2D eigenvalue weighted by atomic mass is 19.2. The van der Waals surface area contributed by atoms with Crippen LogP contribution in [0.15, 0.2) is 18.2 Å². The van der Waals surface area contributed by atoms with Crippen LogP contribution in [0.5, 0.6) is 0 Å². The lowest BCUT2D eigenvalue weighted by Crippen LogP contribution is -2.27. The summed E-state index contributed by atoms with van der Waals surface area (Å²) < 4.78 is 43.7. The molecule has 0 saturated carbocycles. The predicted octanol–water partition coefficient (Wildman–Crippen LogP) is 7.95. The predicted molar refractivity (Wildman–Crippen MR) is 123 cm³/mol. The molecule has 1 rings (SSSR count). The zero-order chi connectivity index (χ0) is 22.7. The maximum atomic E-state index is 13.3. The third kappa shape index (κ3) is 13.9. The Kier molecular flexibility index (Phi) is 16.7. The van der Waals surface area contributed by atoms with Gasteiger partial charge in [0, 0.05) is 13.2 Å².